The zero-order valence-corrected chi connectivity index (χ0v) is 11.0. The Morgan fingerprint density at radius 2 is 1.41 bits per heavy atom. The van der Waals surface area contributed by atoms with Crippen LogP contribution in [0.2, 0.25) is 0 Å². The van der Waals surface area contributed by atoms with E-state index in [4.69, 9.17) is 4.74 Å². The van der Waals surface area contributed by atoms with Crippen molar-refractivity contribution < 1.29 is 9.53 Å². The van der Waals surface area contributed by atoms with Crippen LogP contribution in [0, 0.1) is 0 Å². The summed E-state index contributed by atoms with van der Waals surface area (Å²) in [6.07, 6.45) is 14.5. The molecule has 0 N–H and O–H groups in total. The first-order chi connectivity index (χ1) is 8.36. The maximum atomic E-state index is 12.0. The van der Waals surface area contributed by atoms with Crippen molar-refractivity contribution in [1.82, 2.24) is 0 Å². The number of carbonyl (C=O) groups excluding carboxylic acids is 1. The van der Waals surface area contributed by atoms with Crippen molar-refractivity contribution >= 4 is 5.78 Å². The minimum absolute atomic E-state index is 0.0606. The van der Waals surface area contributed by atoms with Crippen LogP contribution in [0.5, 0.6) is 0 Å². The molecule has 0 aliphatic carbocycles. The smallest absolute Gasteiger partial charge is 0.161 e. The van der Waals surface area contributed by atoms with E-state index in [1.54, 1.807) is 0 Å². The molecule has 0 spiro atoms. The fourth-order valence-electron chi connectivity index (χ4n) is 3.06. The molecule has 2 nitrogen and oxygen atoms in total. The van der Waals surface area contributed by atoms with Crippen molar-refractivity contribution in [2.45, 2.75) is 89.3 Å². The third kappa shape index (κ3) is 4.42. The second-order valence-electron chi connectivity index (χ2n) is 5.66. The van der Waals surface area contributed by atoms with Gasteiger partial charge in [0, 0.05) is 6.42 Å². The van der Waals surface area contributed by atoms with Crippen LogP contribution in [0.4, 0.5) is 0 Å². The summed E-state index contributed by atoms with van der Waals surface area (Å²) < 4.78 is 5.96. The minimum atomic E-state index is -0.0606. The molecule has 2 aliphatic rings. The molecule has 2 fully saturated rings. The lowest BCUT2D eigenvalue weighted by Crippen LogP contribution is -2.33. The Morgan fingerprint density at radius 3 is 2.24 bits per heavy atom. The number of Topliss-reactive ketones (excluding diaryl/α,β-unsaturated/α-hetero) is 1. The van der Waals surface area contributed by atoms with E-state index in [1.807, 2.05) is 0 Å². The molecule has 2 saturated heterocycles. The molecule has 0 saturated carbocycles. The third-order valence-electron chi connectivity index (χ3n) is 4.16. The van der Waals surface area contributed by atoms with Crippen LogP contribution >= 0.6 is 0 Å². The predicted octanol–water partition coefficient (Wildman–Crippen LogP) is 4.02. The highest BCUT2D eigenvalue weighted by Crippen LogP contribution is 2.25. The molecule has 2 heteroatoms. The summed E-state index contributed by atoms with van der Waals surface area (Å²) in [5.74, 6) is 0.369. The van der Waals surface area contributed by atoms with Crippen molar-refractivity contribution in [2.24, 2.45) is 0 Å². The lowest BCUT2D eigenvalue weighted by Gasteiger charge is -2.29. The molecular formula is C15H26O2. The predicted molar refractivity (Wildman–Crippen MR) is 69.1 cm³/mol. The Balaban J connectivity index is 1.86. The summed E-state index contributed by atoms with van der Waals surface area (Å²) in [7, 11) is 0. The van der Waals surface area contributed by atoms with E-state index in [1.165, 1.54) is 57.8 Å². The monoisotopic (exact) mass is 238 g/mol. The summed E-state index contributed by atoms with van der Waals surface area (Å²) in [5.41, 5.74) is 0. The highest BCUT2D eigenvalue weighted by Gasteiger charge is 2.26. The van der Waals surface area contributed by atoms with Gasteiger partial charge in [0.15, 0.2) is 5.78 Å². The van der Waals surface area contributed by atoms with E-state index in [9.17, 15) is 4.79 Å². The molecule has 2 atom stereocenters. The van der Waals surface area contributed by atoms with Crippen molar-refractivity contribution in [2.75, 3.05) is 0 Å². The second-order valence-corrected chi connectivity index (χ2v) is 5.66. The standard InChI is InChI=1S/C15H26O2/c16-14-11-7-5-3-1-2-4-6-9-13-10-8-12-15(14)17-13/h13,15H,1-12H2. The molecule has 98 valence electrons. The van der Waals surface area contributed by atoms with Gasteiger partial charge in [-0.1, -0.05) is 38.5 Å². The number of carbonyl (C=O) groups is 1. The molecule has 0 amide bonds. The Morgan fingerprint density at radius 1 is 0.765 bits per heavy atom. The van der Waals surface area contributed by atoms with Gasteiger partial charge in [0.25, 0.3) is 0 Å². The quantitative estimate of drug-likeness (QED) is 0.637. The van der Waals surface area contributed by atoms with Crippen molar-refractivity contribution in [3.8, 4) is 0 Å². The first-order valence-corrected chi connectivity index (χ1v) is 7.54. The molecule has 0 aromatic carbocycles. The normalized spacial score (nSPS) is 33.3. The van der Waals surface area contributed by atoms with Gasteiger partial charge in [-0.15, -0.1) is 0 Å². The molecular weight excluding hydrogens is 212 g/mol. The molecule has 17 heavy (non-hydrogen) atoms. The number of ketones is 1. The van der Waals surface area contributed by atoms with Gasteiger partial charge in [-0.05, 0) is 32.1 Å². The van der Waals surface area contributed by atoms with Crippen LogP contribution in [-0.4, -0.2) is 18.0 Å². The highest BCUT2D eigenvalue weighted by molar-refractivity contribution is 5.83. The molecule has 2 heterocycles. The molecule has 0 aromatic rings. The Bertz CT molecular complexity index is 237. The molecule has 2 aliphatic heterocycles. The van der Waals surface area contributed by atoms with Gasteiger partial charge in [-0.2, -0.15) is 0 Å². The zero-order valence-electron chi connectivity index (χ0n) is 11.0. The molecule has 2 bridgehead atoms. The Kier molecular flexibility index (Phi) is 5.50. The van der Waals surface area contributed by atoms with E-state index in [0.717, 1.165) is 19.3 Å². The van der Waals surface area contributed by atoms with Gasteiger partial charge in [-0.3, -0.25) is 4.79 Å². The van der Waals surface area contributed by atoms with Gasteiger partial charge < -0.3 is 4.74 Å². The van der Waals surface area contributed by atoms with Crippen molar-refractivity contribution in [3.63, 3.8) is 0 Å². The largest absolute Gasteiger partial charge is 0.367 e. The summed E-state index contributed by atoms with van der Waals surface area (Å²) in [6.45, 7) is 0. The van der Waals surface area contributed by atoms with Gasteiger partial charge in [0.2, 0.25) is 0 Å². The average Bonchev–Trinajstić information content (AvgIpc) is 2.37. The summed E-state index contributed by atoms with van der Waals surface area (Å²) in [4.78, 5) is 12.0. The second kappa shape index (κ2) is 7.15. The van der Waals surface area contributed by atoms with Crippen LogP contribution in [0.3, 0.4) is 0 Å². The number of rotatable bonds is 0. The van der Waals surface area contributed by atoms with Crippen LogP contribution < -0.4 is 0 Å². The van der Waals surface area contributed by atoms with Crippen LogP contribution in [0.15, 0.2) is 0 Å². The van der Waals surface area contributed by atoms with E-state index >= 15 is 0 Å². The maximum absolute atomic E-state index is 12.0. The van der Waals surface area contributed by atoms with Crippen LogP contribution in [0.25, 0.3) is 0 Å². The highest BCUT2D eigenvalue weighted by atomic mass is 16.5. The minimum Gasteiger partial charge on any atom is -0.367 e. The van der Waals surface area contributed by atoms with Gasteiger partial charge in [0.1, 0.15) is 6.10 Å². The molecule has 0 radical (unpaired) electrons. The number of fused-ring (bicyclic) bond motifs is 2. The van der Waals surface area contributed by atoms with E-state index in [0.29, 0.717) is 11.9 Å². The lowest BCUT2D eigenvalue weighted by molar-refractivity contribution is -0.139. The van der Waals surface area contributed by atoms with Crippen molar-refractivity contribution in [3.05, 3.63) is 0 Å². The topological polar surface area (TPSA) is 26.3 Å². The number of hydrogen-bond donors (Lipinski definition) is 0. The first-order valence-electron chi connectivity index (χ1n) is 7.54. The summed E-state index contributed by atoms with van der Waals surface area (Å²) >= 11 is 0. The van der Waals surface area contributed by atoms with E-state index in [-0.39, 0.29) is 6.10 Å². The third-order valence-corrected chi connectivity index (χ3v) is 4.16. The van der Waals surface area contributed by atoms with E-state index < -0.39 is 0 Å². The SMILES string of the molecule is O=C1CCCCCCCCCC2CCCC1O2. The molecule has 0 aromatic heterocycles. The maximum Gasteiger partial charge on any atom is 0.161 e. The van der Waals surface area contributed by atoms with Crippen LogP contribution in [0.1, 0.15) is 77.0 Å². The Labute approximate surface area is 105 Å². The zero-order chi connectivity index (χ0) is 11.9. The van der Waals surface area contributed by atoms with Crippen molar-refractivity contribution in [1.29, 1.82) is 0 Å². The lowest BCUT2D eigenvalue weighted by atomic mass is 9.96. The van der Waals surface area contributed by atoms with Gasteiger partial charge >= 0.3 is 0 Å². The Hall–Kier alpha value is -0.370. The van der Waals surface area contributed by atoms with E-state index in [2.05, 4.69) is 0 Å². The first kappa shape index (κ1) is 13.1. The van der Waals surface area contributed by atoms with Gasteiger partial charge in [-0.25, -0.2) is 0 Å². The van der Waals surface area contributed by atoms with Crippen LogP contribution in [-0.2, 0) is 9.53 Å². The number of hydrogen-bond acceptors (Lipinski definition) is 2. The fourth-order valence-corrected chi connectivity index (χ4v) is 3.06. The molecule has 2 rings (SSSR count). The molecule has 2 unspecified atom stereocenters. The summed E-state index contributed by atoms with van der Waals surface area (Å²) in [6, 6.07) is 0. The number of ether oxygens (including phenoxy) is 1. The summed E-state index contributed by atoms with van der Waals surface area (Å²) in [5, 5.41) is 0. The van der Waals surface area contributed by atoms with Gasteiger partial charge in [0.05, 0.1) is 6.10 Å². The average molecular weight is 238 g/mol. The fraction of sp³-hybridized carbons (Fsp3) is 0.933.